The first-order chi connectivity index (χ1) is 11.0. The second kappa shape index (κ2) is 6.24. The molecule has 0 saturated heterocycles. The first kappa shape index (κ1) is 15.3. The predicted octanol–water partition coefficient (Wildman–Crippen LogP) is 4.79. The first-order valence-electron chi connectivity index (χ1n) is 7.79. The van der Waals surface area contributed by atoms with Gasteiger partial charge in [-0.15, -0.1) is 0 Å². The minimum atomic E-state index is 0.0120. The van der Waals surface area contributed by atoms with Crippen molar-refractivity contribution in [2.24, 2.45) is 5.92 Å². The van der Waals surface area contributed by atoms with Crippen LogP contribution >= 0.6 is 0 Å². The van der Waals surface area contributed by atoms with Crippen LogP contribution in [0.25, 0.3) is 22.6 Å². The Kier molecular flexibility index (Phi) is 4.15. The third-order valence-electron chi connectivity index (χ3n) is 3.64. The molecule has 118 valence electrons. The second-order valence-electron chi connectivity index (χ2n) is 6.16. The van der Waals surface area contributed by atoms with Gasteiger partial charge in [0.15, 0.2) is 5.58 Å². The maximum atomic E-state index is 11.9. The number of hydrogen-bond donors (Lipinski definition) is 1. The average Bonchev–Trinajstić information content (AvgIpc) is 2.89. The highest BCUT2D eigenvalue weighted by atomic mass is 16.3. The number of hydrogen-bond acceptors (Lipinski definition) is 3. The predicted molar refractivity (Wildman–Crippen MR) is 92.3 cm³/mol. The summed E-state index contributed by atoms with van der Waals surface area (Å²) in [4.78, 5) is 16.4. The lowest BCUT2D eigenvalue weighted by molar-refractivity contribution is -0.116. The highest BCUT2D eigenvalue weighted by molar-refractivity contribution is 5.93. The summed E-state index contributed by atoms with van der Waals surface area (Å²) in [6.45, 7) is 6.07. The summed E-state index contributed by atoms with van der Waals surface area (Å²) >= 11 is 0. The SMILES string of the molecule is Cc1ccccc1-c1nc2ccc(NC(=O)CC(C)C)cc2o1. The number of oxazole rings is 1. The molecule has 1 N–H and O–H groups in total. The second-order valence-corrected chi connectivity index (χ2v) is 6.16. The zero-order valence-corrected chi connectivity index (χ0v) is 13.6. The van der Waals surface area contributed by atoms with Crippen molar-refractivity contribution in [1.29, 1.82) is 0 Å². The van der Waals surface area contributed by atoms with E-state index in [2.05, 4.69) is 10.3 Å². The number of rotatable bonds is 4. The Bertz CT molecular complexity index is 849. The molecular weight excluding hydrogens is 288 g/mol. The van der Waals surface area contributed by atoms with E-state index in [-0.39, 0.29) is 5.91 Å². The van der Waals surface area contributed by atoms with Gasteiger partial charge >= 0.3 is 0 Å². The molecule has 1 heterocycles. The number of anilines is 1. The number of nitrogens with zero attached hydrogens (tertiary/aromatic N) is 1. The van der Waals surface area contributed by atoms with Gasteiger partial charge < -0.3 is 9.73 Å². The number of fused-ring (bicyclic) bond motifs is 1. The number of amides is 1. The maximum Gasteiger partial charge on any atom is 0.227 e. The Hall–Kier alpha value is -2.62. The van der Waals surface area contributed by atoms with E-state index in [9.17, 15) is 4.79 Å². The van der Waals surface area contributed by atoms with Gasteiger partial charge in [-0.1, -0.05) is 32.0 Å². The van der Waals surface area contributed by atoms with Gasteiger partial charge in [-0.25, -0.2) is 4.98 Å². The molecule has 1 amide bonds. The fourth-order valence-electron chi connectivity index (χ4n) is 2.51. The molecule has 4 nitrogen and oxygen atoms in total. The Labute approximate surface area is 135 Å². The summed E-state index contributed by atoms with van der Waals surface area (Å²) in [7, 11) is 0. The van der Waals surface area contributed by atoms with Gasteiger partial charge in [0, 0.05) is 23.7 Å². The summed E-state index contributed by atoms with van der Waals surface area (Å²) < 4.78 is 5.88. The van der Waals surface area contributed by atoms with Crippen LogP contribution in [0.15, 0.2) is 46.9 Å². The third-order valence-corrected chi connectivity index (χ3v) is 3.64. The van der Waals surface area contributed by atoms with Crippen molar-refractivity contribution in [3.8, 4) is 11.5 Å². The maximum absolute atomic E-state index is 11.9. The van der Waals surface area contributed by atoms with Crippen molar-refractivity contribution < 1.29 is 9.21 Å². The van der Waals surface area contributed by atoms with E-state index in [0.29, 0.717) is 23.8 Å². The van der Waals surface area contributed by atoms with Gasteiger partial charge in [-0.2, -0.15) is 0 Å². The van der Waals surface area contributed by atoms with E-state index in [4.69, 9.17) is 4.42 Å². The Morgan fingerprint density at radius 3 is 2.74 bits per heavy atom. The molecule has 0 atom stereocenters. The van der Waals surface area contributed by atoms with Gasteiger partial charge in [-0.3, -0.25) is 4.79 Å². The average molecular weight is 308 g/mol. The summed E-state index contributed by atoms with van der Waals surface area (Å²) in [5, 5.41) is 2.90. The number of aromatic nitrogens is 1. The number of nitrogens with one attached hydrogen (secondary N) is 1. The normalized spacial score (nSPS) is 11.1. The topological polar surface area (TPSA) is 55.1 Å². The number of aryl methyl sites for hydroxylation is 1. The zero-order valence-electron chi connectivity index (χ0n) is 13.6. The molecule has 4 heteroatoms. The van der Waals surface area contributed by atoms with E-state index >= 15 is 0 Å². The van der Waals surface area contributed by atoms with Gasteiger partial charge in [0.2, 0.25) is 11.8 Å². The molecule has 0 aliphatic heterocycles. The smallest absolute Gasteiger partial charge is 0.227 e. The van der Waals surface area contributed by atoms with E-state index in [1.54, 1.807) is 0 Å². The van der Waals surface area contributed by atoms with Crippen LogP contribution in [0.2, 0.25) is 0 Å². The monoisotopic (exact) mass is 308 g/mol. The summed E-state index contributed by atoms with van der Waals surface area (Å²) in [5.74, 6) is 0.943. The van der Waals surface area contributed by atoms with Crippen LogP contribution in [0.4, 0.5) is 5.69 Å². The fraction of sp³-hybridized carbons (Fsp3) is 0.263. The molecule has 3 rings (SSSR count). The highest BCUT2D eigenvalue weighted by Gasteiger charge is 2.11. The minimum Gasteiger partial charge on any atom is -0.436 e. The minimum absolute atomic E-state index is 0.0120. The van der Waals surface area contributed by atoms with Crippen molar-refractivity contribution >= 4 is 22.7 Å². The van der Waals surface area contributed by atoms with Gasteiger partial charge in [0.05, 0.1) is 0 Å². The van der Waals surface area contributed by atoms with Crippen LogP contribution < -0.4 is 5.32 Å². The van der Waals surface area contributed by atoms with Crippen molar-refractivity contribution in [2.45, 2.75) is 27.2 Å². The molecule has 0 saturated carbocycles. The van der Waals surface area contributed by atoms with Crippen LogP contribution in [0.5, 0.6) is 0 Å². The molecule has 0 radical (unpaired) electrons. The van der Waals surface area contributed by atoms with Crippen LogP contribution in [0.1, 0.15) is 25.8 Å². The van der Waals surface area contributed by atoms with E-state index in [1.807, 2.05) is 63.2 Å². The molecule has 0 spiro atoms. The van der Waals surface area contributed by atoms with Crippen LogP contribution in [0.3, 0.4) is 0 Å². The van der Waals surface area contributed by atoms with Crippen molar-refractivity contribution in [2.75, 3.05) is 5.32 Å². The van der Waals surface area contributed by atoms with E-state index in [1.165, 1.54) is 0 Å². The van der Waals surface area contributed by atoms with E-state index < -0.39 is 0 Å². The van der Waals surface area contributed by atoms with Gasteiger partial charge in [0.1, 0.15) is 5.52 Å². The van der Waals surface area contributed by atoms with Crippen LogP contribution in [-0.4, -0.2) is 10.9 Å². The summed E-state index contributed by atoms with van der Waals surface area (Å²) in [6.07, 6.45) is 0.503. The first-order valence-corrected chi connectivity index (χ1v) is 7.79. The summed E-state index contributed by atoms with van der Waals surface area (Å²) in [6, 6.07) is 13.5. The Balaban J connectivity index is 1.89. The molecular formula is C19H20N2O2. The molecule has 0 fully saturated rings. The largest absolute Gasteiger partial charge is 0.436 e. The number of carbonyl (C=O) groups is 1. The molecule has 0 unspecified atom stereocenters. The quantitative estimate of drug-likeness (QED) is 0.754. The zero-order chi connectivity index (χ0) is 16.4. The number of benzene rings is 2. The Morgan fingerprint density at radius 1 is 1.22 bits per heavy atom. The molecule has 0 aliphatic carbocycles. The summed E-state index contributed by atoms with van der Waals surface area (Å²) in [5.41, 5.74) is 4.28. The molecule has 3 aromatic rings. The van der Waals surface area contributed by atoms with Crippen LogP contribution in [-0.2, 0) is 4.79 Å². The van der Waals surface area contributed by atoms with Gasteiger partial charge in [-0.05, 0) is 36.6 Å². The lowest BCUT2D eigenvalue weighted by Gasteiger charge is -2.06. The fourth-order valence-corrected chi connectivity index (χ4v) is 2.51. The molecule has 1 aromatic heterocycles. The van der Waals surface area contributed by atoms with Gasteiger partial charge in [0.25, 0.3) is 0 Å². The lowest BCUT2D eigenvalue weighted by Crippen LogP contribution is -2.13. The molecule has 0 aliphatic rings. The molecule has 0 bridgehead atoms. The third kappa shape index (κ3) is 3.42. The van der Waals surface area contributed by atoms with Crippen LogP contribution in [0, 0.1) is 12.8 Å². The lowest BCUT2D eigenvalue weighted by atomic mass is 10.1. The Morgan fingerprint density at radius 2 is 2.00 bits per heavy atom. The van der Waals surface area contributed by atoms with Crippen molar-refractivity contribution in [1.82, 2.24) is 4.98 Å². The van der Waals surface area contributed by atoms with Crippen molar-refractivity contribution in [3.63, 3.8) is 0 Å². The van der Waals surface area contributed by atoms with Crippen molar-refractivity contribution in [3.05, 3.63) is 48.0 Å². The van der Waals surface area contributed by atoms with E-state index in [0.717, 1.165) is 22.3 Å². The standard InChI is InChI=1S/C19H20N2O2/c1-12(2)10-18(22)20-14-8-9-16-17(11-14)23-19(21-16)15-7-5-4-6-13(15)3/h4-9,11-12H,10H2,1-3H3,(H,20,22). The highest BCUT2D eigenvalue weighted by Crippen LogP contribution is 2.28. The number of carbonyl (C=O) groups excluding carboxylic acids is 1. The molecule has 2 aromatic carbocycles. The molecule has 23 heavy (non-hydrogen) atoms.